The smallest absolute Gasteiger partial charge is 0.243 e. The van der Waals surface area contributed by atoms with Crippen molar-refractivity contribution in [3.05, 3.63) is 40.6 Å². The molecule has 7 heteroatoms. The van der Waals surface area contributed by atoms with Crippen LogP contribution < -0.4 is 5.32 Å². The van der Waals surface area contributed by atoms with Gasteiger partial charge >= 0.3 is 0 Å². The normalized spacial score (nSPS) is 19.8. The van der Waals surface area contributed by atoms with Crippen LogP contribution in [-0.4, -0.2) is 56.9 Å². The number of piperazine rings is 1. The van der Waals surface area contributed by atoms with Crippen molar-refractivity contribution >= 4 is 21.4 Å². The van der Waals surface area contributed by atoms with E-state index in [1.807, 2.05) is 18.2 Å². The highest BCUT2D eigenvalue weighted by Crippen LogP contribution is 2.29. The Bertz CT molecular complexity index is 851. The van der Waals surface area contributed by atoms with E-state index in [4.69, 9.17) is 0 Å². The maximum Gasteiger partial charge on any atom is 0.243 e. The SMILES string of the molecule is O=S(=O)(c1cccc(-c2csc(CN3CCCC3)c2)c1)N1CCNCC1. The van der Waals surface area contributed by atoms with Crippen LogP contribution in [0.15, 0.2) is 40.6 Å². The molecule has 3 heterocycles. The van der Waals surface area contributed by atoms with Gasteiger partial charge in [0.05, 0.1) is 4.90 Å². The van der Waals surface area contributed by atoms with Crippen LogP contribution in [0.25, 0.3) is 11.1 Å². The zero-order valence-electron chi connectivity index (χ0n) is 14.9. The summed E-state index contributed by atoms with van der Waals surface area (Å²) in [5.41, 5.74) is 2.09. The monoisotopic (exact) mass is 391 g/mol. The molecule has 26 heavy (non-hydrogen) atoms. The van der Waals surface area contributed by atoms with Crippen LogP contribution in [0.4, 0.5) is 0 Å². The summed E-state index contributed by atoms with van der Waals surface area (Å²) in [5, 5.41) is 5.34. The van der Waals surface area contributed by atoms with E-state index in [-0.39, 0.29) is 0 Å². The lowest BCUT2D eigenvalue weighted by molar-refractivity contribution is 0.334. The molecule has 140 valence electrons. The Hall–Kier alpha value is -1.25. The maximum absolute atomic E-state index is 12.9. The molecule has 2 aliphatic heterocycles. The first-order valence-corrected chi connectivity index (χ1v) is 11.6. The lowest BCUT2D eigenvalue weighted by Crippen LogP contribution is -2.46. The standard InChI is InChI=1S/C19H25N3O2S2/c23-26(24,22-10-6-20-7-11-22)19-5-3-4-16(13-19)17-12-18(25-15-17)14-21-8-1-2-9-21/h3-5,12-13,15,20H,1-2,6-11,14H2. The Morgan fingerprint density at radius 3 is 2.54 bits per heavy atom. The summed E-state index contributed by atoms with van der Waals surface area (Å²) < 4.78 is 27.4. The fraction of sp³-hybridized carbons (Fsp3) is 0.474. The van der Waals surface area contributed by atoms with Crippen LogP contribution in [-0.2, 0) is 16.6 Å². The number of sulfonamides is 1. The molecule has 2 saturated heterocycles. The number of likely N-dealkylation sites (tertiary alicyclic amines) is 1. The number of benzene rings is 1. The zero-order chi connectivity index (χ0) is 18.0. The molecule has 0 radical (unpaired) electrons. The molecule has 0 atom stereocenters. The van der Waals surface area contributed by atoms with Crippen molar-refractivity contribution in [2.24, 2.45) is 0 Å². The molecule has 5 nitrogen and oxygen atoms in total. The number of hydrogen-bond donors (Lipinski definition) is 1. The van der Waals surface area contributed by atoms with Gasteiger partial charge in [0.25, 0.3) is 0 Å². The van der Waals surface area contributed by atoms with Gasteiger partial charge in [-0.25, -0.2) is 8.42 Å². The lowest BCUT2D eigenvalue weighted by Gasteiger charge is -2.26. The molecule has 0 bridgehead atoms. The predicted molar refractivity (Wildman–Crippen MR) is 106 cm³/mol. The topological polar surface area (TPSA) is 52.7 Å². The van der Waals surface area contributed by atoms with Crippen molar-refractivity contribution in [1.29, 1.82) is 0 Å². The first-order chi connectivity index (χ1) is 12.6. The first-order valence-electron chi connectivity index (χ1n) is 9.24. The molecule has 0 saturated carbocycles. The Kier molecular flexibility index (Phi) is 5.42. The molecule has 1 N–H and O–H groups in total. The minimum atomic E-state index is -3.42. The summed E-state index contributed by atoms with van der Waals surface area (Å²) in [6.45, 7) is 5.86. The number of hydrogen-bond acceptors (Lipinski definition) is 5. The van der Waals surface area contributed by atoms with Crippen LogP contribution in [0.1, 0.15) is 17.7 Å². The minimum absolute atomic E-state index is 0.393. The molecule has 4 rings (SSSR count). The van der Waals surface area contributed by atoms with E-state index in [0.717, 1.165) is 17.7 Å². The Balaban J connectivity index is 1.54. The van der Waals surface area contributed by atoms with Crippen LogP contribution in [0.2, 0.25) is 0 Å². The summed E-state index contributed by atoms with van der Waals surface area (Å²) in [6.07, 6.45) is 2.59. The third-order valence-corrected chi connectivity index (χ3v) is 7.93. The molecule has 2 fully saturated rings. The van der Waals surface area contributed by atoms with Gasteiger partial charge in [0.1, 0.15) is 0 Å². The molecule has 0 amide bonds. The van der Waals surface area contributed by atoms with Gasteiger partial charge in [0.15, 0.2) is 0 Å². The first kappa shape index (κ1) is 18.1. The summed E-state index contributed by atoms with van der Waals surface area (Å²) in [5.74, 6) is 0. The van der Waals surface area contributed by atoms with Crippen LogP contribution in [0.5, 0.6) is 0 Å². The summed E-state index contributed by atoms with van der Waals surface area (Å²) in [4.78, 5) is 4.22. The average molecular weight is 392 g/mol. The summed E-state index contributed by atoms with van der Waals surface area (Å²) >= 11 is 1.76. The Morgan fingerprint density at radius 2 is 1.77 bits per heavy atom. The maximum atomic E-state index is 12.9. The van der Waals surface area contributed by atoms with Gasteiger partial charge in [-0.05, 0) is 60.6 Å². The predicted octanol–water partition coefficient (Wildman–Crippen LogP) is 2.60. The average Bonchev–Trinajstić information content (AvgIpc) is 3.35. The van der Waals surface area contributed by atoms with Gasteiger partial charge in [0, 0.05) is 37.6 Å². The third-order valence-electron chi connectivity index (χ3n) is 5.11. The third kappa shape index (κ3) is 3.87. The van der Waals surface area contributed by atoms with Crippen LogP contribution in [0, 0.1) is 0 Å². The van der Waals surface area contributed by atoms with Gasteiger partial charge in [-0.1, -0.05) is 12.1 Å². The van der Waals surface area contributed by atoms with Crippen molar-refractivity contribution in [2.45, 2.75) is 24.3 Å². The van der Waals surface area contributed by atoms with Gasteiger partial charge in [-0.3, -0.25) is 4.90 Å². The quantitative estimate of drug-likeness (QED) is 0.851. The van der Waals surface area contributed by atoms with E-state index in [1.165, 1.54) is 30.8 Å². The molecular formula is C19H25N3O2S2. The van der Waals surface area contributed by atoms with Crippen molar-refractivity contribution in [2.75, 3.05) is 39.3 Å². The molecule has 1 aromatic heterocycles. The lowest BCUT2D eigenvalue weighted by atomic mass is 10.1. The highest BCUT2D eigenvalue weighted by molar-refractivity contribution is 7.89. The molecule has 0 unspecified atom stereocenters. The number of nitrogens with one attached hydrogen (secondary N) is 1. The van der Waals surface area contributed by atoms with Crippen molar-refractivity contribution in [3.63, 3.8) is 0 Å². The van der Waals surface area contributed by atoms with E-state index < -0.39 is 10.0 Å². The fourth-order valence-corrected chi connectivity index (χ4v) is 6.07. The largest absolute Gasteiger partial charge is 0.314 e. The van der Waals surface area contributed by atoms with Crippen LogP contribution in [0.3, 0.4) is 0 Å². The van der Waals surface area contributed by atoms with E-state index in [1.54, 1.807) is 21.7 Å². The molecule has 2 aromatic rings. The van der Waals surface area contributed by atoms with Gasteiger partial charge in [-0.15, -0.1) is 11.3 Å². The zero-order valence-corrected chi connectivity index (χ0v) is 16.5. The number of rotatable bonds is 5. The van der Waals surface area contributed by atoms with Crippen LogP contribution >= 0.6 is 11.3 Å². The van der Waals surface area contributed by atoms with E-state index in [2.05, 4.69) is 21.7 Å². The second kappa shape index (κ2) is 7.78. The molecular weight excluding hydrogens is 366 g/mol. The van der Waals surface area contributed by atoms with Gasteiger partial charge in [0.2, 0.25) is 10.0 Å². The second-order valence-corrected chi connectivity index (χ2v) is 9.90. The van der Waals surface area contributed by atoms with Gasteiger partial charge < -0.3 is 5.32 Å². The number of nitrogens with zero attached hydrogens (tertiary/aromatic N) is 2. The highest BCUT2D eigenvalue weighted by Gasteiger charge is 2.26. The highest BCUT2D eigenvalue weighted by atomic mass is 32.2. The second-order valence-electron chi connectivity index (χ2n) is 6.97. The summed E-state index contributed by atoms with van der Waals surface area (Å²) in [7, 11) is -3.42. The summed E-state index contributed by atoms with van der Waals surface area (Å²) in [6, 6.07) is 9.58. The molecule has 0 aliphatic carbocycles. The number of thiophene rings is 1. The van der Waals surface area contributed by atoms with E-state index >= 15 is 0 Å². The molecule has 0 spiro atoms. The Morgan fingerprint density at radius 1 is 1.00 bits per heavy atom. The van der Waals surface area contributed by atoms with E-state index in [9.17, 15) is 8.42 Å². The minimum Gasteiger partial charge on any atom is -0.314 e. The van der Waals surface area contributed by atoms with Crippen molar-refractivity contribution < 1.29 is 8.42 Å². The fourth-order valence-electron chi connectivity index (χ4n) is 3.65. The Labute approximate surface area is 159 Å². The molecule has 1 aromatic carbocycles. The molecule has 2 aliphatic rings. The van der Waals surface area contributed by atoms with E-state index in [0.29, 0.717) is 31.1 Å². The van der Waals surface area contributed by atoms with Crippen molar-refractivity contribution in [1.82, 2.24) is 14.5 Å². The van der Waals surface area contributed by atoms with Crippen molar-refractivity contribution in [3.8, 4) is 11.1 Å². The van der Waals surface area contributed by atoms with Gasteiger partial charge in [-0.2, -0.15) is 4.31 Å².